The van der Waals surface area contributed by atoms with Crippen LogP contribution in [0.3, 0.4) is 0 Å². The molecule has 0 atom stereocenters. The zero-order valence-corrected chi connectivity index (χ0v) is 15.5. The normalized spacial score (nSPS) is 11.0. The third-order valence-electron chi connectivity index (χ3n) is 3.26. The number of benzene rings is 1. The van der Waals surface area contributed by atoms with Crippen molar-refractivity contribution in [3.05, 3.63) is 46.7 Å². The van der Waals surface area contributed by atoms with Crippen molar-refractivity contribution < 1.29 is 23.5 Å². The number of methoxy groups -OCH3 is 1. The number of halogens is 1. The van der Waals surface area contributed by atoms with E-state index in [2.05, 4.69) is 4.98 Å². The molecule has 2 aromatic rings. The van der Waals surface area contributed by atoms with Gasteiger partial charge in [0.05, 0.1) is 18.0 Å². The Hall–Kier alpha value is -3.09. The SMILES string of the molecule is COCCOC(=O)/C(C#N)=C/c1csc(N(C(C)=O)c2ccccc2F)n1. The highest BCUT2D eigenvalue weighted by molar-refractivity contribution is 7.14. The van der Waals surface area contributed by atoms with E-state index >= 15 is 0 Å². The third kappa shape index (κ3) is 5.20. The van der Waals surface area contributed by atoms with E-state index in [4.69, 9.17) is 14.7 Å². The number of carbonyl (C=O) groups excluding carboxylic acids is 2. The zero-order chi connectivity index (χ0) is 19.8. The molecule has 1 amide bonds. The van der Waals surface area contributed by atoms with Crippen molar-refractivity contribution in [3.8, 4) is 6.07 Å². The van der Waals surface area contributed by atoms with E-state index in [1.807, 2.05) is 0 Å². The lowest BCUT2D eigenvalue weighted by molar-refractivity contribution is -0.139. The smallest absolute Gasteiger partial charge is 0.349 e. The lowest BCUT2D eigenvalue weighted by atomic mass is 10.2. The number of esters is 1. The first-order valence-electron chi connectivity index (χ1n) is 7.76. The summed E-state index contributed by atoms with van der Waals surface area (Å²) in [7, 11) is 1.46. The topological polar surface area (TPSA) is 92.5 Å². The van der Waals surface area contributed by atoms with Crippen LogP contribution >= 0.6 is 11.3 Å². The number of carbonyl (C=O) groups is 2. The average molecular weight is 389 g/mol. The molecule has 0 saturated carbocycles. The molecule has 0 N–H and O–H groups in total. The fourth-order valence-electron chi connectivity index (χ4n) is 2.07. The van der Waals surface area contributed by atoms with Gasteiger partial charge in [-0.25, -0.2) is 14.2 Å². The molecule has 0 aliphatic carbocycles. The summed E-state index contributed by atoms with van der Waals surface area (Å²) in [5.41, 5.74) is 0.0930. The molecule has 0 aliphatic rings. The minimum absolute atomic E-state index is 0.0159. The summed E-state index contributed by atoms with van der Waals surface area (Å²) in [6, 6.07) is 7.57. The molecule has 0 fully saturated rings. The Morgan fingerprint density at radius 3 is 2.74 bits per heavy atom. The van der Waals surface area contributed by atoms with Crippen molar-refractivity contribution in [2.45, 2.75) is 6.92 Å². The van der Waals surface area contributed by atoms with Gasteiger partial charge in [-0.15, -0.1) is 11.3 Å². The Labute approximate surface area is 159 Å². The number of rotatable bonds is 7. The molecule has 1 aromatic heterocycles. The summed E-state index contributed by atoms with van der Waals surface area (Å²) in [6.07, 6.45) is 1.24. The molecular weight excluding hydrogens is 373 g/mol. The van der Waals surface area contributed by atoms with E-state index < -0.39 is 17.7 Å². The van der Waals surface area contributed by atoms with Gasteiger partial charge in [0.1, 0.15) is 24.1 Å². The van der Waals surface area contributed by atoms with E-state index in [-0.39, 0.29) is 35.3 Å². The molecule has 0 unspecified atom stereocenters. The second-order valence-corrected chi connectivity index (χ2v) is 6.00. The van der Waals surface area contributed by atoms with Gasteiger partial charge in [0, 0.05) is 19.4 Å². The van der Waals surface area contributed by atoms with Crippen LogP contribution in [0.25, 0.3) is 6.08 Å². The molecule has 7 nitrogen and oxygen atoms in total. The number of thiazole rings is 1. The molecule has 1 aromatic carbocycles. The maximum absolute atomic E-state index is 14.1. The minimum Gasteiger partial charge on any atom is -0.459 e. The highest BCUT2D eigenvalue weighted by Crippen LogP contribution is 2.31. The van der Waals surface area contributed by atoms with Crippen LogP contribution < -0.4 is 4.90 Å². The highest BCUT2D eigenvalue weighted by Gasteiger charge is 2.21. The zero-order valence-electron chi connectivity index (χ0n) is 14.6. The molecule has 0 radical (unpaired) electrons. The molecule has 0 bridgehead atoms. The number of hydrogen-bond acceptors (Lipinski definition) is 7. The quantitative estimate of drug-likeness (QED) is 0.313. The van der Waals surface area contributed by atoms with Crippen LogP contribution in [-0.2, 0) is 19.1 Å². The average Bonchev–Trinajstić information content (AvgIpc) is 3.09. The lowest BCUT2D eigenvalue weighted by Crippen LogP contribution is -2.23. The van der Waals surface area contributed by atoms with E-state index in [0.717, 1.165) is 16.2 Å². The molecule has 0 spiro atoms. The van der Waals surface area contributed by atoms with Gasteiger partial charge >= 0.3 is 5.97 Å². The number of nitriles is 1. The van der Waals surface area contributed by atoms with Gasteiger partial charge in [0.15, 0.2) is 5.13 Å². The van der Waals surface area contributed by atoms with E-state index in [1.54, 1.807) is 17.5 Å². The van der Waals surface area contributed by atoms with Gasteiger partial charge in [0.25, 0.3) is 0 Å². The Morgan fingerprint density at radius 1 is 1.37 bits per heavy atom. The van der Waals surface area contributed by atoms with Crippen molar-refractivity contribution in [2.75, 3.05) is 25.2 Å². The molecule has 27 heavy (non-hydrogen) atoms. The van der Waals surface area contributed by atoms with Crippen molar-refractivity contribution in [1.82, 2.24) is 4.98 Å². The van der Waals surface area contributed by atoms with Gasteiger partial charge in [-0.05, 0) is 18.2 Å². The Bertz CT molecular complexity index is 904. The van der Waals surface area contributed by atoms with E-state index in [0.29, 0.717) is 0 Å². The summed E-state index contributed by atoms with van der Waals surface area (Å²) in [5, 5.41) is 10.9. The second-order valence-electron chi connectivity index (χ2n) is 5.16. The maximum atomic E-state index is 14.1. The summed E-state index contributed by atoms with van der Waals surface area (Å²) < 4.78 is 23.7. The van der Waals surface area contributed by atoms with Crippen LogP contribution in [0.2, 0.25) is 0 Å². The first-order chi connectivity index (χ1) is 13.0. The number of aromatic nitrogens is 1. The lowest BCUT2D eigenvalue weighted by Gasteiger charge is -2.18. The largest absolute Gasteiger partial charge is 0.459 e. The fraction of sp³-hybridized carbons (Fsp3) is 0.222. The number of amides is 1. The van der Waals surface area contributed by atoms with E-state index in [9.17, 15) is 14.0 Å². The molecular formula is C18H16FN3O4S. The van der Waals surface area contributed by atoms with Gasteiger partial charge < -0.3 is 9.47 Å². The monoisotopic (exact) mass is 389 g/mol. The highest BCUT2D eigenvalue weighted by atomic mass is 32.1. The molecule has 1 heterocycles. The van der Waals surface area contributed by atoms with Crippen LogP contribution in [0.15, 0.2) is 35.2 Å². The predicted octanol–water partition coefficient (Wildman–Crippen LogP) is 3.06. The fourth-order valence-corrected chi connectivity index (χ4v) is 2.90. The number of hydrogen-bond donors (Lipinski definition) is 0. The van der Waals surface area contributed by atoms with Crippen molar-refractivity contribution in [3.63, 3.8) is 0 Å². The summed E-state index contributed by atoms with van der Waals surface area (Å²) >= 11 is 1.08. The molecule has 0 aliphatic heterocycles. The summed E-state index contributed by atoms with van der Waals surface area (Å²) in [4.78, 5) is 29.2. The Kier molecular flexibility index (Phi) is 7.16. The Morgan fingerprint density at radius 2 is 2.11 bits per heavy atom. The number of anilines is 2. The van der Waals surface area contributed by atoms with Crippen LogP contribution in [-0.4, -0.2) is 37.2 Å². The standard InChI is InChI=1S/C18H16FN3O4S/c1-12(23)22(16-6-4-3-5-15(16)19)18-21-14(11-27-18)9-13(10-20)17(24)26-8-7-25-2/h3-6,9,11H,7-8H2,1-2H3/b13-9+. The van der Waals surface area contributed by atoms with Crippen LogP contribution in [0, 0.1) is 17.1 Å². The molecule has 9 heteroatoms. The molecule has 2 rings (SSSR count). The summed E-state index contributed by atoms with van der Waals surface area (Å²) in [6.45, 7) is 1.51. The van der Waals surface area contributed by atoms with E-state index in [1.165, 1.54) is 38.3 Å². The minimum atomic E-state index is -0.804. The number of para-hydroxylation sites is 1. The van der Waals surface area contributed by atoms with Crippen molar-refractivity contribution >= 4 is 40.1 Å². The summed E-state index contributed by atoms with van der Waals surface area (Å²) in [5.74, 6) is -1.80. The predicted molar refractivity (Wildman–Crippen MR) is 97.8 cm³/mol. The molecule has 140 valence electrons. The Balaban J connectivity index is 2.28. The van der Waals surface area contributed by atoms with Crippen molar-refractivity contribution in [1.29, 1.82) is 5.26 Å². The van der Waals surface area contributed by atoms with Crippen molar-refractivity contribution in [2.24, 2.45) is 0 Å². The third-order valence-corrected chi connectivity index (χ3v) is 4.11. The number of nitrogens with zero attached hydrogens (tertiary/aromatic N) is 3. The van der Waals surface area contributed by atoms with Gasteiger partial charge in [-0.1, -0.05) is 12.1 Å². The van der Waals surface area contributed by atoms with Gasteiger partial charge in [-0.3, -0.25) is 9.69 Å². The second kappa shape index (κ2) is 9.56. The van der Waals surface area contributed by atoms with Gasteiger partial charge in [-0.2, -0.15) is 5.26 Å². The maximum Gasteiger partial charge on any atom is 0.349 e. The first-order valence-corrected chi connectivity index (χ1v) is 8.64. The van der Waals surface area contributed by atoms with Crippen LogP contribution in [0.4, 0.5) is 15.2 Å². The number of ether oxygens (including phenoxy) is 2. The van der Waals surface area contributed by atoms with Crippen LogP contribution in [0.5, 0.6) is 0 Å². The van der Waals surface area contributed by atoms with Gasteiger partial charge in [0.2, 0.25) is 5.91 Å². The molecule has 0 saturated heterocycles. The first kappa shape index (κ1) is 20.2. The van der Waals surface area contributed by atoms with Crippen LogP contribution in [0.1, 0.15) is 12.6 Å².